The summed E-state index contributed by atoms with van der Waals surface area (Å²) < 4.78 is 24.4. The third-order valence-corrected chi connectivity index (χ3v) is 4.44. The molecule has 1 fully saturated rings. The van der Waals surface area contributed by atoms with Gasteiger partial charge in [-0.1, -0.05) is 0 Å². The highest BCUT2D eigenvalue weighted by Gasteiger charge is 2.35. The number of esters is 1. The van der Waals surface area contributed by atoms with E-state index in [4.69, 9.17) is 9.47 Å². The molecule has 0 aromatic heterocycles. The van der Waals surface area contributed by atoms with E-state index in [0.29, 0.717) is 0 Å². The normalized spacial score (nSPS) is 16.3. The number of benzene rings is 1. The van der Waals surface area contributed by atoms with Crippen LogP contribution >= 0.6 is 0 Å². The number of methoxy groups -OCH3 is 1. The molecule has 1 saturated heterocycles. The van der Waals surface area contributed by atoms with E-state index in [9.17, 15) is 23.9 Å². The summed E-state index contributed by atoms with van der Waals surface area (Å²) in [6.45, 7) is 5.60. The van der Waals surface area contributed by atoms with Crippen LogP contribution in [-0.2, 0) is 19.1 Å². The second-order valence-corrected chi connectivity index (χ2v) is 8.10. The second kappa shape index (κ2) is 8.87. The number of hydrogen-bond donors (Lipinski definition) is 2. The smallest absolute Gasteiger partial charge is 0.338 e. The standard InChI is InChI=1S/C20H27FN2O6/c1-19(2,3)29-18(26)13-5-6-15(14(21)11-13)22-16(24)17(25)23-9-7-20(27,8-10-23)12-28-4/h5-6,11,27H,7-10,12H2,1-4H3,(H,22,24). The second-order valence-electron chi connectivity index (χ2n) is 8.10. The Morgan fingerprint density at radius 3 is 2.38 bits per heavy atom. The van der Waals surface area contributed by atoms with Crippen LogP contribution in [0.4, 0.5) is 10.1 Å². The maximum Gasteiger partial charge on any atom is 0.338 e. The molecule has 2 rings (SSSR count). The van der Waals surface area contributed by atoms with Crippen LogP contribution in [0.1, 0.15) is 44.0 Å². The number of rotatable bonds is 4. The van der Waals surface area contributed by atoms with Crippen LogP contribution in [0.15, 0.2) is 18.2 Å². The van der Waals surface area contributed by atoms with Gasteiger partial charge in [-0.25, -0.2) is 9.18 Å². The molecule has 1 aromatic rings. The summed E-state index contributed by atoms with van der Waals surface area (Å²) in [7, 11) is 1.48. The van der Waals surface area contributed by atoms with Crippen LogP contribution in [0.3, 0.4) is 0 Å². The maximum atomic E-state index is 14.3. The number of anilines is 1. The van der Waals surface area contributed by atoms with Gasteiger partial charge in [-0.15, -0.1) is 0 Å². The number of piperidine rings is 1. The molecule has 0 radical (unpaired) electrons. The summed E-state index contributed by atoms with van der Waals surface area (Å²) in [5.74, 6) is -3.36. The van der Waals surface area contributed by atoms with Crippen LogP contribution < -0.4 is 5.32 Å². The number of nitrogens with zero attached hydrogens (tertiary/aromatic N) is 1. The van der Waals surface area contributed by atoms with Crippen molar-refractivity contribution in [1.29, 1.82) is 0 Å². The van der Waals surface area contributed by atoms with Crippen LogP contribution in [0.2, 0.25) is 0 Å². The Balaban J connectivity index is 1.98. The lowest BCUT2D eigenvalue weighted by molar-refractivity contribution is -0.147. The molecule has 160 valence electrons. The number of aliphatic hydroxyl groups is 1. The molecular formula is C20H27FN2O6. The molecule has 2 N–H and O–H groups in total. The zero-order valence-electron chi connectivity index (χ0n) is 17.1. The maximum absolute atomic E-state index is 14.3. The monoisotopic (exact) mass is 410 g/mol. The molecule has 1 aromatic carbocycles. The van der Waals surface area contributed by atoms with Gasteiger partial charge < -0.3 is 24.8 Å². The number of nitrogens with one attached hydrogen (secondary N) is 1. The van der Waals surface area contributed by atoms with E-state index in [-0.39, 0.29) is 43.8 Å². The summed E-state index contributed by atoms with van der Waals surface area (Å²) in [6, 6.07) is 3.45. The number of carbonyl (C=O) groups is 3. The number of carbonyl (C=O) groups excluding carboxylic acids is 3. The molecular weight excluding hydrogens is 383 g/mol. The predicted octanol–water partition coefficient (Wildman–Crippen LogP) is 1.72. The van der Waals surface area contributed by atoms with Gasteiger partial charge in [-0.05, 0) is 51.8 Å². The molecule has 0 saturated carbocycles. The van der Waals surface area contributed by atoms with Gasteiger partial charge in [-0.3, -0.25) is 9.59 Å². The Labute approximate surface area is 169 Å². The van der Waals surface area contributed by atoms with Crippen molar-refractivity contribution in [3.05, 3.63) is 29.6 Å². The van der Waals surface area contributed by atoms with Gasteiger partial charge >= 0.3 is 17.8 Å². The first-order valence-electron chi connectivity index (χ1n) is 9.28. The fourth-order valence-corrected chi connectivity index (χ4v) is 2.94. The van der Waals surface area contributed by atoms with Crippen molar-refractivity contribution in [1.82, 2.24) is 4.90 Å². The van der Waals surface area contributed by atoms with Crippen molar-refractivity contribution in [3.8, 4) is 0 Å². The summed E-state index contributed by atoms with van der Waals surface area (Å²) in [4.78, 5) is 37.8. The highest BCUT2D eigenvalue weighted by atomic mass is 19.1. The molecule has 0 spiro atoms. The first-order chi connectivity index (χ1) is 13.4. The SMILES string of the molecule is COCC1(O)CCN(C(=O)C(=O)Nc2ccc(C(=O)OC(C)(C)C)cc2F)CC1. The molecule has 0 atom stereocenters. The quantitative estimate of drug-likeness (QED) is 0.579. The zero-order valence-corrected chi connectivity index (χ0v) is 17.1. The fraction of sp³-hybridized carbons (Fsp3) is 0.550. The van der Waals surface area contributed by atoms with Crippen molar-refractivity contribution < 1.29 is 33.4 Å². The van der Waals surface area contributed by atoms with E-state index >= 15 is 0 Å². The third-order valence-electron chi connectivity index (χ3n) is 4.44. The van der Waals surface area contributed by atoms with E-state index < -0.39 is 34.8 Å². The van der Waals surface area contributed by atoms with Gasteiger partial charge in [0.05, 0.1) is 23.5 Å². The molecule has 1 aliphatic rings. The molecule has 1 aliphatic heterocycles. The number of likely N-dealkylation sites (tertiary alicyclic amines) is 1. The Bertz CT molecular complexity index is 782. The van der Waals surface area contributed by atoms with Gasteiger partial charge in [0.25, 0.3) is 0 Å². The van der Waals surface area contributed by atoms with Crippen LogP contribution in [0.5, 0.6) is 0 Å². The molecule has 0 bridgehead atoms. The van der Waals surface area contributed by atoms with Gasteiger partial charge in [0, 0.05) is 20.2 Å². The summed E-state index contributed by atoms with van der Waals surface area (Å²) in [5, 5.41) is 12.5. The van der Waals surface area contributed by atoms with Crippen molar-refractivity contribution >= 4 is 23.5 Å². The van der Waals surface area contributed by atoms with Crippen molar-refractivity contribution in [3.63, 3.8) is 0 Å². The minimum absolute atomic E-state index is 0.00444. The average Bonchev–Trinajstić information content (AvgIpc) is 2.62. The predicted molar refractivity (Wildman–Crippen MR) is 103 cm³/mol. The summed E-state index contributed by atoms with van der Waals surface area (Å²) >= 11 is 0. The summed E-state index contributed by atoms with van der Waals surface area (Å²) in [5.41, 5.74) is -1.97. The van der Waals surface area contributed by atoms with Crippen LogP contribution in [-0.4, -0.2) is 65.8 Å². The topological polar surface area (TPSA) is 105 Å². The highest BCUT2D eigenvalue weighted by molar-refractivity contribution is 6.39. The Morgan fingerprint density at radius 1 is 1.24 bits per heavy atom. The van der Waals surface area contributed by atoms with E-state index in [1.165, 1.54) is 24.1 Å². The number of ether oxygens (including phenoxy) is 2. The van der Waals surface area contributed by atoms with Gasteiger partial charge in [0.1, 0.15) is 11.4 Å². The van der Waals surface area contributed by atoms with E-state index in [1.54, 1.807) is 20.8 Å². The average molecular weight is 410 g/mol. The Hall–Kier alpha value is -2.52. The first-order valence-corrected chi connectivity index (χ1v) is 9.28. The number of halogens is 1. The van der Waals surface area contributed by atoms with Crippen molar-refractivity contribution in [2.45, 2.75) is 44.8 Å². The lowest BCUT2D eigenvalue weighted by Gasteiger charge is -2.37. The minimum atomic E-state index is -1.02. The Kier molecular flexibility index (Phi) is 6.97. The summed E-state index contributed by atoms with van der Waals surface area (Å²) in [6.07, 6.45) is 0.553. The Morgan fingerprint density at radius 2 is 1.86 bits per heavy atom. The van der Waals surface area contributed by atoms with Crippen molar-refractivity contribution in [2.75, 3.05) is 32.1 Å². The van der Waals surface area contributed by atoms with Crippen LogP contribution in [0.25, 0.3) is 0 Å². The lowest BCUT2D eigenvalue weighted by Crippen LogP contribution is -2.51. The first kappa shape index (κ1) is 22.8. The minimum Gasteiger partial charge on any atom is -0.456 e. The van der Waals surface area contributed by atoms with Gasteiger partial charge in [0.2, 0.25) is 0 Å². The zero-order chi connectivity index (χ0) is 21.8. The van der Waals surface area contributed by atoms with E-state index in [1.807, 2.05) is 0 Å². The van der Waals surface area contributed by atoms with E-state index in [0.717, 1.165) is 6.07 Å². The molecule has 29 heavy (non-hydrogen) atoms. The molecule has 2 amide bonds. The molecule has 8 nitrogen and oxygen atoms in total. The van der Waals surface area contributed by atoms with Gasteiger partial charge in [-0.2, -0.15) is 0 Å². The highest BCUT2D eigenvalue weighted by Crippen LogP contribution is 2.23. The molecule has 0 aliphatic carbocycles. The fourth-order valence-electron chi connectivity index (χ4n) is 2.94. The largest absolute Gasteiger partial charge is 0.456 e. The van der Waals surface area contributed by atoms with Gasteiger partial charge in [0.15, 0.2) is 0 Å². The van der Waals surface area contributed by atoms with Crippen LogP contribution in [0, 0.1) is 5.82 Å². The van der Waals surface area contributed by atoms with E-state index in [2.05, 4.69) is 5.32 Å². The molecule has 9 heteroatoms. The third kappa shape index (κ3) is 6.23. The lowest BCUT2D eigenvalue weighted by atomic mass is 9.92. The number of hydrogen-bond acceptors (Lipinski definition) is 6. The molecule has 0 unspecified atom stereocenters. The van der Waals surface area contributed by atoms with Crippen molar-refractivity contribution in [2.24, 2.45) is 0 Å². The molecule has 1 heterocycles. The number of amides is 2.